The van der Waals surface area contributed by atoms with Crippen molar-refractivity contribution in [2.45, 2.75) is 297 Å². The van der Waals surface area contributed by atoms with Crippen LogP contribution in [0.25, 0.3) is 0 Å². The number of allylic oxidation sites excluding steroid dienone is 6. The van der Waals surface area contributed by atoms with Crippen LogP contribution < -0.4 is 0 Å². The van der Waals surface area contributed by atoms with Gasteiger partial charge >= 0.3 is 17.9 Å². The third-order valence-corrected chi connectivity index (χ3v) is 12.7. The van der Waals surface area contributed by atoms with E-state index in [1.165, 1.54) is 173 Å². The first-order valence-corrected chi connectivity index (χ1v) is 28.3. The number of rotatable bonds is 51. The Balaban J connectivity index is 4.51. The monoisotopic (exact) mass is 913 g/mol. The van der Waals surface area contributed by atoms with E-state index in [4.69, 9.17) is 14.2 Å². The molecule has 0 aromatic carbocycles. The summed E-state index contributed by atoms with van der Waals surface area (Å²) < 4.78 is 17.2. The Morgan fingerprint density at radius 1 is 0.292 bits per heavy atom. The molecule has 0 bridgehead atoms. The number of hydrogen-bond donors (Lipinski definition) is 0. The summed E-state index contributed by atoms with van der Waals surface area (Å²) >= 11 is 0. The minimum absolute atomic E-state index is 0.0538. The molecule has 6 nitrogen and oxygen atoms in total. The van der Waals surface area contributed by atoms with Crippen molar-refractivity contribution in [3.05, 3.63) is 36.5 Å². The molecule has 65 heavy (non-hydrogen) atoms. The summed E-state index contributed by atoms with van der Waals surface area (Å²) in [5, 5.41) is 0. The van der Waals surface area contributed by atoms with Crippen LogP contribution in [-0.2, 0) is 28.6 Å². The fraction of sp³-hybridized carbons (Fsp3) is 0.847. The zero-order valence-electron chi connectivity index (χ0n) is 43.7. The Labute approximate surface area is 404 Å². The van der Waals surface area contributed by atoms with E-state index in [0.717, 1.165) is 77.0 Å². The summed E-state index contributed by atoms with van der Waals surface area (Å²) in [6.45, 7) is 8.84. The van der Waals surface area contributed by atoms with E-state index >= 15 is 0 Å². The maximum Gasteiger partial charge on any atom is 0.305 e. The fourth-order valence-corrected chi connectivity index (χ4v) is 8.13. The van der Waals surface area contributed by atoms with Crippen molar-refractivity contribution in [1.29, 1.82) is 0 Å². The molecular formula is C59H108O6. The highest BCUT2D eigenvalue weighted by Gasteiger charge is 2.31. The first-order chi connectivity index (χ1) is 31.9. The number of unbranched alkanes of at least 4 members (excludes halogenated alkanes) is 33. The van der Waals surface area contributed by atoms with Crippen molar-refractivity contribution in [1.82, 2.24) is 0 Å². The normalized spacial score (nSPS) is 12.7. The van der Waals surface area contributed by atoms with E-state index in [1.807, 2.05) is 6.92 Å². The third-order valence-electron chi connectivity index (χ3n) is 12.7. The Hall–Kier alpha value is -2.37. The minimum Gasteiger partial charge on any atom is -0.465 e. The van der Waals surface area contributed by atoms with Gasteiger partial charge in [0.25, 0.3) is 0 Å². The molecule has 0 fully saturated rings. The summed E-state index contributed by atoms with van der Waals surface area (Å²) in [4.78, 5) is 38.3. The molecule has 0 heterocycles. The lowest BCUT2D eigenvalue weighted by Gasteiger charge is -2.28. The van der Waals surface area contributed by atoms with Crippen LogP contribution in [0.4, 0.5) is 0 Å². The quantitative estimate of drug-likeness (QED) is 0.0262. The summed E-state index contributed by atoms with van der Waals surface area (Å²) in [5.41, 5.74) is -0.797. The molecule has 0 aromatic heterocycles. The molecule has 380 valence electrons. The molecule has 0 spiro atoms. The molecule has 0 amide bonds. The Morgan fingerprint density at radius 3 is 0.692 bits per heavy atom. The molecule has 6 heteroatoms. The second-order valence-corrected chi connectivity index (χ2v) is 19.8. The largest absolute Gasteiger partial charge is 0.465 e. The fourth-order valence-electron chi connectivity index (χ4n) is 8.13. The van der Waals surface area contributed by atoms with E-state index in [0.29, 0.717) is 19.3 Å². The average Bonchev–Trinajstić information content (AvgIpc) is 3.30. The van der Waals surface area contributed by atoms with Gasteiger partial charge in [0.2, 0.25) is 0 Å². The predicted octanol–water partition coefficient (Wildman–Crippen LogP) is 18.7. The van der Waals surface area contributed by atoms with Crippen LogP contribution in [0, 0.1) is 5.41 Å². The predicted molar refractivity (Wildman–Crippen MR) is 279 cm³/mol. The van der Waals surface area contributed by atoms with Gasteiger partial charge < -0.3 is 14.2 Å². The molecule has 0 aliphatic carbocycles. The van der Waals surface area contributed by atoms with Crippen LogP contribution >= 0.6 is 0 Å². The van der Waals surface area contributed by atoms with E-state index < -0.39 is 5.41 Å². The highest BCUT2D eigenvalue weighted by molar-refractivity contribution is 5.70. The summed E-state index contributed by atoms with van der Waals surface area (Å²) in [6, 6.07) is 0. The highest BCUT2D eigenvalue weighted by atomic mass is 16.6. The van der Waals surface area contributed by atoms with Gasteiger partial charge in [-0.2, -0.15) is 0 Å². The Bertz CT molecular complexity index is 988. The zero-order valence-corrected chi connectivity index (χ0v) is 43.7. The number of esters is 3. The van der Waals surface area contributed by atoms with Crippen LogP contribution in [0.3, 0.4) is 0 Å². The van der Waals surface area contributed by atoms with E-state index in [9.17, 15) is 14.4 Å². The minimum atomic E-state index is -0.797. The van der Waals surface area contributed by atoms with Crippen LogP contribution in [0.1, 0.15) is 297 Å². The summed E-state index contributed by atoms with van der Waals surface area (Å²) in [5.74, 6) is -0.728. The van der Waals surface area contributed by atoms with Gasteiger partial charge in [-0.05, 0) is 103 Å². The number of carbonyl (C=O) groups excluding carboxylic acids is 3. The summed E-state index contributed by atoms with van der Waals surface area (Å²) in [6.07, 6.45) is 62.4. The third kappa shape index (κ3) is 49.4. The second kappa shape index (κ2) is 51.0. The first-order valence-electron chi connectivity index (χ1n) is 28.3. The lowest BCUT2D eigenvalue weighted by molar-refractivity contribution is -0.160. The van der Waals surface area contributed by atoms with E-state index in [1.54, 1.807) is 0 Å². The smallest absolute Gasteiger partial charge is 0.305 e. The van der Waals surface area contributed by atoms with Crippen molar-refractivity contribution in [3.8, 4) is 0 Å². The van der Waals surface area contributed by atoms with Crippen LogP contribution in [-0.4, -0.2) is 37.7 Å². The second-order valence-electron chi connectivity index (χ2n) is 19.8. The van der Waals surface area contributed by atoms with Crippen molar-refractivity contribution in [2.75, 3.05) is 19.8 Å². The van der Waals surface area contributed by atoms with Gasteiger partial charge in [-0.1, -0.05) is 211 Å². The summed E-state index contributed by atoms with van der Waals surface area (Å²) in [7, 11) is 0. The van der Waals surface area contributed by atoms with Gasteiger partial charge in [-0.25, -0.2) is 0 Å². The van der Waals surface area contributed by atoms with E-state index in [2.05, 4.69) is 57.2 Å². The van der Waals surface area contributed by atoms with Crippen molar-refractivity contribution >= 4 is 17.9 Å². The molecule has 0 saturated heterocycles. The van der Waals surface area contributed by atoms with Gasteiger partial charge in [0.1, 0.15) is 19.8 Å². The highest BCUT2D eigenvalue weighted by Crippen LogP contribution is 2.22. The van der Waals surface area contributed by atoms with Crippen molar-refractivity contribution in [3.63, 3.8) is 0 Å². The molecular weight excluding hydrogens is 805 g/mol. The van der Waals surface area contributed by atoms with Crippen molar-refractivity contribution < 1.29 is 28.6 Å². The molecule has 0 rings (SSSR count). The SMILES string of the molecule is CCCCCCCCC=CCCCCCCCC(=O)OCC(C)(COC(=O)CCCCCCCC=CCCCCCCCC)COC(=O)CCCCCCCC=CCCCCCCCC. The molecule has 0 aromatic rings. The number of hydrogen-bond acceptors (Lipinski definition) is 6. The first kappa shape index (κ1) is 62.6. The number of ether oxygens (including phenoxy) is 3. The van der Waals surface area contributed by atoms with Gasteiger partial charge in [-0.15, -0.1) is 0 Å². The van der Waals surface area contributed by atoms with Gasteiger partial charge in [-0.3, -0.25) is 14.4 Å². The molecule has 0 saturated carbocycles. The van der Waals surface area contributed by atoms with Gasteiger partial charge in [0.15, 0.2) is 0 Å². The number of carbonyl (C=O) groups is 3. The zero-order chi connectivity index (χ0) is 47.4. The molecule has 0 radical (unpaired) electrons. The van der Waals surface area contributed by atoms with Gasteiger partial charge in [0.05, 0.1) is 5.41 Å². The lowest BCUT2D eigenvalue weighted by atomic mass is 9.94. The van der Waals surface area contributed by atoms with E-state index in [-0.39, 0.29) is 37.7 Å². The lowest BCUT2D eigenvalue weighted by Crippen LogP contribution is -2.37. The van der Waals surface area contributed by atoms with Crippen molar-refractivity contribution in [2.24, 2.45) is 5.41 Å². The molecule has 0 aliphatic rings. The Morgan fingerprint density at radius 2 is 0.477 bits per heavy atom. The molecule has 0 atom stereocenters. The topological polar surface area (TPSA) is 78.9 Å². The standard InChI is InChI=1S/C59H108O6/c1-5-8-11-14-17-20-23-26-29-32-35-38-41-44-47-50-56(60)63-53-59(4,54-64-57(61)51-48-45-42-39-36-33-30-27-24-21-18-15-12-9-6-2)55-65-58(62)52-49-46-43-40-37-34-31-28-25-22-19-16-13-10-7-3/h26-31H,5-25,32-55H2,1-4H3. The molecule has 0 N–H and O–H groups in total. The maximum absolute atomic E-state index is 12.8. The Kier molecular flexibility index (Phi) is 49.2. The van der Waals surface area contributed by atoms with Crippen LogP contribution in [0.15, 0.2) is 36.5 Å². The average molecular weight is 914 g/mol. The van der Waals surface area contributed by atoms with Gasteiger partial charge in [0, 0.05) is 19.3 Å². The maximum atomic E-state index is 12.8. The molecule has 0 unspecified atom stereocenters. The van der Waals surface area contributed by atoms with Crippen LogP contribution in [0.2, 0.25) is 0 Å². The van der Waals surface area contributed by atoms with Crippen LogP contribution in [0.5, 0.6) is 0 Å². The molecule has 0 aliphatic heterocycles.